The van der Waals surface area contributed by atoms with Gasteiger partial charge in [-0.25, -0.2) is 0 Å². The Labute approximate surface area is 130 Å². The van der Waals surface area contributed by atoms with Crippen LogP contribution in [0.5, 0.6) is 0 Å². The minimum atomic E-state index is -0.648. The predicted octanol–water partition coefficient (Wildman–Crippen LogP) is 2.05. The van der Waals surface area contributed by atoms with Crippen LogP contribution in [0.1, 0.15) is 48.0 Å². The van der Waals surface area contributed by atoms with Crippen LogP contribution >= 0.6 is 0 Å². The average Bonchev–Trinajstić information content (AvgIpc) is 2.39. The number of carbonyl (C=O) groups is 1. The SMILES string of the molecule is CCNC(C)(CC(C)N(CCOC)C(C)C)C(=O)OCC. The van der Waals surface area contributed by atoms with Gasteiger partial charge in [0.15, 0.2) is 0 Å². The summed E-state index contributed by atoms with van der Waals surface area (Å²) in [7, 11) is 1.71. The van der Waals surface area contributed by atoms with Gasteiger partial charge in [-0.05, 0) is 47.6 Å². The van der Waals surface area contributed by atoms with Gasteiger partial charge in [0, 0.05) is 25.7 Å². The summed E-state index contributed by atoms with van der Waals surface area (Å²) in [6.07, 6.45) is 0.710. The average molecular weight is 302 g/mol. The molecule has 0 heterocycles. The monoisotopic (exact) mass is 302 g/mol. The number of nitrogens with zero attached hydrogens (tertiary/aromatic N) is 1. The fourth-order valence-corrected chi connectivity index (χ4v) is 2.80. The molecule has 126 valence electrons. The third-order valence-corrected chi connectivity index (χ3v) is 3.78. The Kier molecular flexibility index (Phi) is 9.83. The van der Waals surface area contributed by atoms with Gasteiger partial charge in [-0.2, -0.15) is 0 Å². The molecule has 0 aliphatic carbocycles. The van der Waals surface area contributed by atoms with Gasteiger partial charge in [0.1, 0.15) is 5.54 Å². The first-order valence-corrected chi connectivity index (χ1v) is 7.99. The third-order valence-electron chi connectivity index (χ3n) is 3.78. The lowest BCUT2D eigenvalue weighted by molar-refractivity contribution is -0.151. The van der Waals surface area contributed by atoms with Crippen molar-refractivity contribution in [1.29, 1.82) is 0 Å². The van der Waals surface area contributed by atoms with Crippen LogP contribution < -0.4 is 5.32 Å². The van der Waals surface area contributed by atoms with E-state index in [4.69, 9.17) is 9.47 Å². The Hall–Kier alpha value is -0.650. The summed E-state index contributed by atoms with van der Waals surface area (Å²) in [5, 5.41) is 3.29. The number of methoxy groups -OCH3 is 1. The number of rotatable bonds is 11. The molecule has 0 aromatic heterocycles. The van der Waals surface area contributed by atoms with Crippen LogP contribution in [0.3, 0.4) is 0 Å². The summed E-state index contributed by atoms with van der Waals surface area (Å²) in [6.45, 7) is 15.0. The van der Waals surface area contributed by atoms with Crippen LogP contribution in [0.4, 0.5) is 0 Å². The Balaban J connectivity index is 4.91. The fraction of sp³-hybridized carbons (Fsp3) is 0.938. The van der Waals surface area contributed by atoms with Crippen molar-refractivity contribution in [2.75, 3.05) is 33.4 Å². The zero-order valence-electron chi connectivity index (χ0n) is 14.9. The van der Waals surface area contributed by atoms with E-state index < -0.39 is 5.54 Å². The molecule has 0 aromatic carbocycles. The summed E-state index contributed by atoms with van der Waals surface area (Å²) in [4.78, 5) is 14.6. The highest BCUT2D eigenvalue weighted by atomic mass is 16.5. The van der Waals surface area contributed by atoms with Gasteiger partial charge < -0.3 is 14.8 Å². The number of hydrogen-bond acceptors (Lipinski definition) is 5. The molecule has 1 N–H and O–H groups in total. The Morgan fingerprint density at radius 2 is 1.90 bits per heavy atom. The van der Waals surface area contributed by atoms with E-state index >= 15 is 0 Å². The highest BCUT2D eigenvalue weighted by Gasteiger charge is 2.37. The molecule has 0 aliphatic heterocycles. The van der Waals surface area contributed by atoms with E-state index in [1.54, 1.807) is 7.11 Å². The molecular formula is C16H34N2O3. The van der Waals surface area contributed by atoms with Crippen molar-refractivity contribution in [3.63, 3.8) is 0 Å². The number of hydrogen-bond donors (Lipinski definition) is 1. The Morgan fingerprint density at radius 1 is 1.29 bits per heavy atom. The van der Waals surface area contributed by atoms with Crippen LogP contribution in [0.25, 0.3) is 0 Å². The van der Waals surface area contributed by atoms with Crippen molar-refractivity contribution in [2.45, 2.75) is 65.6 Å². The van der Waals surface area contributed by atoms with Crippen molar-refractivity contribution in [3.05, 3.63) is 0 Å². The normalized spacial score (nSPS) is 16.0. The molecule has 2 unspecified atom stereocenters. The molecule has 0 radical (unpaired) electrons. The molecule has 0 aliphatic rings. The molecule has 0 aromatic rings. The number of ether oxygens (including phenoxy) is 2. The molecule has 21 heavy (non-hydrogen) atoms. The second-order valence-electron chi connectivity index (χ2n) is 5.96. The first kappa shape index (κ1) is 20.3. The lowest BCUT2D eigenvalue weighted by Gasteiger charge is -2.38. The van der Waals surface area contributed by atoms with Crippen LogP contribution in [-0.4, -0.2) is 61.9 Å². The zero-order chi connectivity index (χ0) is 16.5. The first-order chi connectivity index (χ1) is 9.82. The van der Waals surface area contributed by atoms with Crippen LogP contribution in [0.2, 0.25) is 0 Å². The second-order valence-corrected chi connectivity index (χ2v) is 5.96. The van der Waals surface area contributed by atoms with E-state index in [2.05, 4.69) is 31.0 Å². The molecule has 0 rings (SSSR count). The summed E-state index contributed by atoms with van der Waals surface area (Å²) in [5.41, 5.74) is -0.648. The third kappa shape index (κ3) is 6.76. The maximum atomic E-state index is 12.3. The summed E-state index contributed by atoms with van der Waals surface area (Å²) >= 11 is 0. The van der Waals surface area contributed by atoms with Crippen molar-refractivity contribution in [1.82, 2.24) is 10.2 Å². The summed E-state index contributed by atoms with van der Waals surface area (Å²) < 4.78 is 10.4. The van der Waals surface area contributed by atoms with E-state index in [0.717, 1.165) is 13.1 Å². The van der Waals surface area contributed by atoms with Gasteiger partial charge in [0.2, 0.25) is 0 Å². The van der Waals surface area contributed by atoms with E-state index in [-0.39, 0.29) is 12.0 Å². The molecule has 0 amide bonds. The Morgan fingerprint density at radius 3 is 2.33 bits per heavy atom. The topological polar surface area (TPSA) is 50.8 Å². The lowest BCUT2D eigenvalue weighted by Crippen LogP contribution is -2.55. The Bertz CT molecular complexity index is 297. The van der Waals surface area contributed by atoms with Crippen LogP contribution in [0.15, 0.2) is 0 Å². The van der Waals surface area contributed by atoms with E-state index in [9.17, 15) is 4.79 Å². The van der Waals surface area contributed by atoms with Crippen molar-refractivity contribution in [2.24, 2.45) is 0 Å². The second kappa shape index (κ2) is 10.1. The zero-order valence-corrected chi connectivity index (χ0v) is 14.9. The van der Waals surface area contributed by atoms with E-state index in [1.165, 1.54) is 0 Å². The number of likely N-dealkylation sites (N-methyl/N-ethyl adjacent to an activating group) is 1. The standard InChI is InChI=1S/C16H34N2O3/c1-8-17-16(6,15(19)21-9-2)12-14(5)18(13(3)4)10-11-20-7/h13-14,17H,8-12H2,1-7H3. The van der Waals surface area contributed by atoms with Crippen LogP contribution in [0, 0.1) is 0 Å². The molecule has 2 atom stereocenters. The predicted molar refractivity (Wildman–Crippen MR) is 86.5 cm³/mol. The maximum absolute atomic E-state index is 12.3. The summed E-state index contributed by atoms with van der Waals surface area (Å²) in [5.74, 6) is -0.172. The number of esters is 1. The fourth-order valence-electron chi connectivity index (χ4n) is 2.80. The van der Waals surface area contributed by atoms with Crippen LogP contribution in [-0.2, 0) is 14.3 Å². The maximum Gasteiger partial charge on any atom is 0.326 e. The van der Waals surface area contributed by atoms with Gasteiger partial charge in [0.05, 0.1) is 13.2 Å². The number of carbonyl (C=O) groups excluding carboxylic acids is 1. The van der Waals surface area contributed by atoms with Gasteiger partial charge in [-0.15, -0.1) is 0 Å². The molecule has 0 fully saturated rings. The summed E-state index contributed by atoms with van der Waals surface area (Å²) in [6, 6.07) is 0.664. The largest absolute Gasteiger partial charge is 0.465 e. The lowest BCUT2D eigenvalue weighted by atomic mass is 9.92. The van der Waals surface area contributed by atoms with Gasteiger partial charge in [0.25, 0.3) is 0 Å². The minimum Gasteiger partial charge on any atom is -0.465 e. The molecule has 5 heteroatoms. The quantitative estimate of drug-likeness (QED) is 0.592. The highest BCUT2D eigenvalue weighted by Crippen LogP contribution is 2.20. The van der Waals surface area contributed by atoms with Crippen molar-refractivity contribution < 1.29 is 14.3 Å². The molecule has 0 bridgehead atoms. The van der Waals surface area contributed by atoms with Crippen molar-refractivity contribution in [3.8, 4) is 0 Å². The molecule has 5 nitrogen and oxygen atoms in total. The van der Waals surface area contributed by atoms with Gasteiger partial charge in [-0.1, -0.05) is 6.92 Å². The van der Waals surface area contributed by atoms with Crippen molar-refractivity contribution >= 4 is 5.97 Å². The molecule has 0 saturated carbocycles. The van der Waals surface area contributed by atoms with Gasteiger partial charge in [-0.3, -0.25) is 9.69 Å². The molecule has 0 spiro atoms. The molecular weight excluding hydrogens is 268 g/mol. The molecule has 0 saturated heterocycles. The van der Waals surface area contributed by atoms with E-state index in [0.29, 0.717) is 25.7 Å². The first-order valence-electron chi connectivity index (χ1n) is 7.99. The minimum absolute atomic E-state index is 0.172. The number of nitrogens with one attached hydrogen (secondary N) is 1. The van der Waals surface area contributed by atoms with Gasteiger partial charge >= 0.3 is 5.97 Å². The highest BCUT2D eigenvalue weighted by molar-refractivity contribution is 5.80. The smallest absolute Gasteiger partial charge is 0.326 e. The van der Waals surface area contributed by atoms with E-state index in [1.807, 2.05) is 20.8 Å².